The van der Waals surface area contributed by atoms with Crippen LogP contribution in [0.5, 0.6) is 0 Å². The Balaban J connectivity index is 1.79. The molecule has 36 heavy (non-hydrogen) atoms. The molecule has 0 fully saturated rings. The topological polar surface area (TPSA) is 34.1 Å². The Morgan fingerprint density at radius 1 is 0.361 bits per heavy atom. The van der Waals surface area contributed by atoms with E-state index in [4.69, 9.17) is 46.4 Å². The lowest BCUT2D eigenvalue weighted by Crippen LogP contribution is -2.07. The first-order valence-corrected chi connectivity index (χ1v) is 12.7. The minimum absolute atomic E-state index is 0.160. The van der Waals surface area contributed by atoms with Gasteiger partial charge in [-0.05, 0) is 80.8 Å². The largest absolute Gasteiger partial charge is 0.289 e. The van der Waals surface area contributed by atoms with Gasteiger partial charge >= 0.3 is 0 Å². The monoisotopic (exact) mass is 542 g/mol. The highest BCUT2D eigenvalue weighted by molar-refractivity contribution is 6.48. The van der Waals surface area contributed by atoms with Gasteiger partial charge in [0.1, 0.15) is 0 Å². The molecule has 0 saturated heterocycles. The lowest BCUT2D eigenvalue weighted by atomic mass is 9.84. The maximum absolute atomic E-state index is 13.7. The molecule has 8 aromatic carbocycles. The van der Waals surface area contributed by atoms with E-state index < -0.39 is 0 Å². The summed E-state index contributed by atoms with van der Waals surface area (Å²) in [5.41, 5.74) is -0.321. The van der Waals surface area contributed by atoms with Crippen LogP contribution >= 0.6 is 46.4 Å². The highest BCUT2D eigenvalue weighted by atomic mass is 35.5. The molecule has 0 heterocycles. The molecule has 0 aliphatic rings. The Hall–Kier alpha value is -3.14. The van der Waals surface area contributed by atoms with Crippen LogP contribution in [0.3, 0.4) is 0 Å². The molecule has 0 aliphatic carbocycles. The summed E-state index contributed by atoms with van der Waals surface area (Å²) in [6.45, 7) is 0. The molecule has 8 aromatic rings. The van der Waals surface area contributed by atoms with E-state index in [1.807, 2.05) is 36.4 Å². The molecular formula is C30H10Cl4O2. The summed E-state index contributed by atoms with van der Waals surface area (Å²) >= 11 is 26.3. The van der Waals surface area contributed by atoms with Gasteiger partial charge in [0.05, 0.1) is 20.8 Å². The lowest BCUT2D eigenvalue weighted by molar-refractivity contribution is 1.72. The number of fused-ring (bicyclic) bond motifs is 4. The third kappa shape index (κ3) is 2.32. The Morgan fingerprint density at radius 2 is 0.722 bits per heavy atom. The van der Waals surface area contributed by atoms with E-state index >= 15 is 0 Å². The smallest absolute Gasteiger partial charge is 0.195 e. The van der Waals surface area contributed by atoms with Crippen molar-refractivity contribution in [3.8, 4) is 0 Å². The van der Waals surface area contributed by atoms with Crippen LogP contribution in [0.15, 0.2) is 70.3 Å². The van der Waals surface area contributed by atoms with E-state index in [0.29, 0.717) is 52.4 Å². The first kappa shape index (κ1) is 21.0. The Morgan fingerprint density at radius 3 is 1.11 bits per heavy atom. The molecule has 0 unspecified atom stereocenters. The fraction of sp³-hybridized carbons (Fsp3) is 0. The zero-order valence-electron chi connectivity index (χ0n) is 18.1. The van der Waals surface area contributed by atoms with E-state index in [0.717, 1.165) is 43.1 Å². The van der Waals surface area contributed by atoms with Gasteiger partial charge in [-0.15, -0.1) is 0 Å². The van der Waals surface area contributed by atoms with Gasteiger partial charge in [-0.3, -0.25) is 9.59 Å². The van der Waals surface area contributed by atoms with Gasteiger partial charge < -0.3 is 0 Å². The summed E-state index contributed by atoms with van der Waals surface area (Å²) in [4.78, 5) is 27.3. The predicted octanol–water partition coefficient (Wildman–Crippen LogP) is 9.41. The van der Waals surface area contributed by atoms with Crippen molar-refractivity contribution < 1.29 is 0 Å². The number of rotatable bonds is 0. The molecule has 0 aliphatic heterocycles. The molecule has 0 saturated carbocycles. The predicted molar refractivity (Wildman–Crippen MR) is 155 cm³/mol. The quantitative estimate of drug-likeness (QED) is 0.141. The van der Waals surface area contributed by atoms with E-state index in [1.54, 1.807) is 24.3 Å². The van der Waals surface area contributed by atoms with Crippen molar-refractivity contribution >= 4 is 122 Å². The molecule has 0 N–H and O–H groups in total. The molecule has 0 atom stereocenters. The molecule has 0 spiro atoms. The second-order valence-electron chi connectivity index (χ2n) is 9.24. The van der Waals surface area contributed by atoms with Crippen molar-refractivity contribution in [1.82, 2.24) is 0 Å². The standard InChI is InChI=1S/C30H10Cl4O2/c31-17-5-8-20(34)28-25(17)15-9-11-1-3-13-23-16(26-18(32)6-7-19(33)27(26)29(13)35)10-12-2-4-14(30(28)36)24(15)22(12)21(11)23/h1-10H. The van der Waals surface area contributed by atoms with Crippen LogP contribution in [0.2, 0.25) is 20.1 Å². The van der Waals surface area contributed by atoms with E-state index in [2.05, 4.69) is 0 Å². The molecular weight excluding hydrogens is 534 g/mol. The molecule has 0 aromatic heterocycles. The van der Waals surface area contributed by atoms with E-state index in [-0.39, 0.29) is 10.9 Å². The maximum atomic E-state index is 13.7. The third-order valence-electron chi connectivity index (χ3n) is 7.55. The summed E-state index contributed by atoms with van der Waals surface area (Å²) < 4.78 is 0. The van der Waals surface area contributed by atoms with Crippen molar-refractivity contribution in [2.45, 2.75) is 0 Å². The Kier molecular flexibility index (Phi) is 3.96. The van der Waals surface area contributed by atoms with Gasteiger partial charge in [0.15, 0.2) is 10.9 Å². The van der Waals surface area contributed by atoms with Gasteiger partial charge in [-0.1, -0.05) is 58.5 Å². The summed E-state index contributed by atoms with van der Waals surface area (Å²) in [7, 11) is 0. The summed E-state index contributed by atoms with van der Waals surface area (Å²) in [5.74, 6) is 0. The lowest BCUT2D eigenvalue weighted by Gasteiger charge is -2.19. The number of benzene rings is 8. The average molecular weight is 544 g/mol. The number of halogens is 4. The van der Waals surface area contributed by atoms with Crippen molar-refractivity contribution in [3.05, 3.63) is 101 Å². The SMILES string of the molecule is O=c1c2ccc3cc4c5c(Cl)ccc(Cl)c5c(=O)c5ccc6cc(c7c(Cl)ccc(Cl)c17)c2c3c6c54. The second kappa shape index (κ2) is 6.79. The first-order chi connectivity index (χ1) is 17.4. The van der Waals surface area contributed by atoms with Crippen LogP contribution in [-0.4, -0.2) is 0 Å². The summed E-state index contributed by atoms with van der Waals surface area (Å²) in [5, 5.41) is 12.0. The van der Waals surface area contributed by atoms with Crippen LogP contribution in [0.4, 0.5) is 0 Å². The van der Waals surface area contributed by atoms with Gasteiger partial charge in [0.2, 0.25) is 0 Å². The fourth-order valence-corrected chi connectivity index (χ4v) is 7.15. The van der Waals surface area contributed by atoms with Gasteiger partial charge in [0.25, 0.3) is 0 Å². The van der Waals surface area contributed by atoms with Crippen LogP contribution in [-0.2, 0) is 0 Å². The van der Waals surface area contributed by atoms with Gasteiger partial charge in [-0.25, -0.2) is 0 Å². The molecule has 2 nitrogen and oxygen atoms in total. The van der Waals surface area contributed by atoms with Crippen molar-refractivity contribution in [2.24, 2.45) is 0 Å². The molecule has 8 rings (SSSR count). The van der Waals surface area contributed by atoms with Crippen LogP contribution in [0, 0.1) is 0 Å². The highest BCUT2D eigenvalue weighted by Crippen LogP contribution is 2.47. The molecule has 0 radical (unpaired) electrons. The normalized spacial score (nSPS) is 12.7. The summed E-state index contributed by atoms with van der Waals surface area (Å²) in [6.07, 6.45) is 0. The Labute approximate surface area is 222 Å². The first-order valence-electron chi connectivity index (χ1n) is 11.2. The number of hydrogen-bond donors (Lipinski definition) is 0. The van der Waals surface area contributed by atoms with Crippen molar-refractivity contribution in [2.75, 3.05) is 0 Å². The Bertz CT molecular complexity index is 2230. The fourth-order valence-electron chi connectivity index (χ4n) is 6.15. The van der Waals surface area contributed by atoms with Gasteiger partial charge in [0, 0.05) is 42.4 Å². The minimum atomic E-state index is -0.160. The van der Waals surface area contributed by atoms with E-state index in [1.165, 1.54) is 0 Å². The van der Waals surface area contributed by atoms with Crippen LogP contribution < -0.4 is 10.9 Å². The van der Waals surface area contributed by atoms with Crippen LogP contribution in [0.1, 0.15) is 0 Å². The average Bonchev–Trinajstić information content (AvgIpc) is 2.87. The molecule has 0 amide bonds. The zero-order valence-corrected chi connectivity index (χ0v) is 21.1. The molecule has 0 bridgehead atoms. The van der Waals surface area contributed by atoms with Crippen molar-refractivity contribution in [1.29, 1.82) is 0 Å². The minimum Gasteiger partial charge on any atom is -0.289 e. The van der Waals surface area contributed by atoms with Crippen LogP contribution in [0.25, 0.3) is 75.4 Å². The number of hydrogen-bond acceptors (Lipinski definition) is 2. The second-order valence-corrected chi connectivity index (χ2v) is 10.9. The maximum Gasteiger partial charge on any atom is 0.195 e. The summed E-state index contributed by atoms with van der Waals surface area (Å²) in [6, 6.07) is 18.4. The third-order valence-corrected chi connectivity index (χ3v) is 8.81. The highest BCUT2D eigenvalue weighted by Gasteiger charge is 2.24. The van der Waals surface area contributed by atoms with E-state index in [9.17, 15) is 9.59 Å². The zero-order chi connectivity index (χ0) is 24.6. The molecule has 6 heteroatoms. The van der Waals surface area contributed by atoms with Crippen molar-refractivity contribution in [3.63, 3.8) is 0 Å². The van der Waals surface area contributed by atoms with Gasteiger partial charge in [-0.2, -0.15) is 0 Å². The molecule has 170 valence electrons.